The molecule has 3 nitrogen and oxygen atoms in total. The third-order valence-electron chi connectivity index (χ3n) is 1.65. The predicted octanol–water partition coefficient (Wildman–Crippen LogP) is 0.782. The van der Waals surface area contributed by atoms with E-state index in [2.05, 4.69) is 0 Å². The second kappa shape index (κ2) is 4.85. The highest BCUT2D eigenvalue weighted by molar-refractivity contribution is 6.03. The van der Waals surface area contributed by atoms with E-state index < -0.39 is 17.9 Å². The summed E-state index contributed by atoms with van der Waals surface area (Å²) in [4.78, 5) is 22.9. The van der Waals surface area contributed by atoms with Crippen molar-refractivity contribution in [2.75, 3.05) is 13.1 Å². The molecular formula is C8H14FNO2. The molecule has 0 unspecified atom stereocenters. The van der Waals surface area contributed by atoms with E-state index in [9.17, 15) is 14.0 Å². The van der Waals surface area contributed by atoms with Crippen LogP contribution in [-0.4, -0.2) is 35.9 Å². The van der Waals surface area contributed by atoms with Crippen LogP contribution in [-0.2, 0) is 9.59 Å². The first-order chi connectivity index (χ1) is 5.54. The molecule has 0 fully saturated rings. The van der Waals surface area contributed by atoms with Crippen LogP contribution in [0.4, 0.5) is 4.39 Å². The highest BCUT2D eigenvalue weighted by Crippen LogP contribution is 2.00. The second-order valence-electron chi connectivity index (χ2n) is 2.48. The molecule has 0 heterocycles. The van der Waals surface area contributed by atoms with Crippen molar-refractivity contribution in [1.82, 2.24) is 4.90 Å². The Morgan fingerprint density at radius 2 is 1.75 bits per heavy atom. The fourth-order valence-electron chi connectivity index (χ4n) is 0.869. The quantitative estimate of drug-likeness (QED) is 0.592. The predicted molar refractivity (Wildman–Crippen MR) is 43.5 cm³/mol. The fraction of sp³-hybridized carbons (Fsp3) is 0.750. The molecule has 0 aliphatic heterocycles. The Balaban J connectivity index is 4.25. The van der Waals surface area contributed by atoms with Gasteiger partial charge in [0.25, 0.3) is 5.91 Å². The molecule has 0 radical (unpaired) electrons. The third-order valence-corrected chi connectivity index (χ3v) is 1.65. The minimum atomic E-state index is -1.98. The lowest BCUT2D eigenvalue weighted by Gasteiger charge is -2.19. The Morgan fingerprint density at radius 3 is 2.00 bits per heavy atom. The number of hydrogen-bond acceptors (Lipinski definition) is 2. The first-order valence-electron chi connectivity index (χ1n) is 3.97. The number of carbonyl (C=O) groups excluding carboxylic acids is 2. The molecule has 4 heteroatoms. The van der Waals surface area contributed by atoms with E-state index in [4.69, 9.17) is 0 Å². The van der Waals surface area contributed by atoms with Crippen molar-refractivity contribution in [3.63, 3.8) is 0 Å². The number of ketones is 1. The molecule has 0 spiro atoms. The first kappa shape index (κ1) is 11.1. The van der Waals surface area contributed by atoms with Gasteiger partial charge in [-0.25, -0.2) is 4.39 Å². The van der Waals surface area contributed by atoms with E-state index in [1.54, 1.807) is 13.8 Å². The molecule has 0 aromatic carbocycles. The van der Waals surface area contributed by atoms with Crippen molar-refractivity contribution in [3.8, 4) is 0 Å². The van der Waals surface area contributed by atoms with Gasteiger partial charge in [-0.15, -0.1) is 0 Å². The summed E-state index contributed by atoms with van der Waals surface area (Å²) in [5.74, 6) is -1.46. The molecule has 0 aromatic heterocycles. The molecule has 0 aromatic rings. The van der Waals surface area contributed by atoms with Crippen LogP contribution < -0.4 is 0 Å². The van der Waals surface area contributed by atoms with Gasteiger partial charge in [0.2, 0.25) is 6.17 Å². The summed E-state index contributed by atoms with van der Waals surface area (Å²) in [6.07, 6.45) is -1.98. The van der Waals surface area contributed by atoms with Crippen LogP contribution in [0.1, 0.15) is 20.8 Å². The summed E-state index contributed by atoms with van der Waals surface area (Å²) in [7, 11) is 0. The lowest BCUT2D eigenvalue weighted by atomic mass is 10.2. The SMILES string of the molecule is CCN(CC)C(=O)[C@H](F)C(C)=O. The minimum Gasteiger partial charge on any atom is -0.340 e. The van der Waals surface area contributed by atoms with Crippen molar-refractivity contribution in [2.45, 2.75) is 26.9 Å². The second-order valence-corrected chi connectivity index (χ2v) is 2.48. The molecule has 0 N–H and O–H groups in total. The molecule has 12 heavy (non-hydrogen) atoms. The zero-order valence-electron chi connectivity index (χ0n) is 7.63. The van der Waals surface area contributed by atoms with Gasteiger partial charge in [-0.2, -0.15) is 0 Å². The van der Waals surface area contributed by atoms with Crippen molar-refractivity contribution in [3.05, 3.63) is 0 Å². The van der Waals surface area contributed by atoms with Gasteiger partial charge < -0.3 is 4.90 Å². The molecule has 0 aliphatic carbocycles. The Hall–Kier alpha value is -0.930. The zero-order valence-corrected chi connectivity index (χ0v) is 7.63. The maximum absolute atomic E-state index is 12.8. The van der Waals surface area contributed by atoms with Crippen LogP contribution in [0.25, 0.3) is 0 Å². The summed E-state index contributed by atoms with van der Waals surface area (Å²) < 4.78 is 12.8. The number of amides is 1. The molecule has 0 saturated carbocycles. The summed E-state index contributed by atoms with van der Waals surface area (Å²) in [6, 6.07) is 0. The Morgan fingerprint density at radius 1 is 1.33 bits per heavy atom. The molecule has 0 saturated heterocycles. The number of alkyl halides is 1. The number of nitrogens with zero attached hydrogens (tertiary/aromatic N) is 1. The van der Waals surface area contributed by atoms with Crippen molar-refractivity contribution >= 4 is 11.7 Å². The topological polar surface area (TPSA) is 37.4 Å². The Bertz CT molecular complexity index is 178. The molecule has 70 valence electrons. The van der Waals surface area contributed by atoms with E-state index in [0.717, 1.165) is 6.92 Å². The highest BCUT2D eigenvalue weighted by atomic mass is 19.1. The van der Waals surface area contributed by atoms with E-state index in [-0.39, 0.29) is 0 Å². The lowest BCUT2D eigenvalue weighted by molar-refractivity contribution is -0.141. The third kappa shape index (κ3) is 2.60. The number of carbonyl (C=O) groups is 2. The highest BCUT2D eigenvalue weighted by Gasteiger charge is 2.25. The molecule has 1 atom stereocenters. The summed E-state index contributed by atoms with van der Waals surface area (Å²) in [5.41, 5.74) is 0. The summed E-state index contributed by atoms with van der Waals surface area (Å²) >= 11 is 0. The van der Waals surface area contributed by atoms with E-state index in [1.165, 1.54) is 4.90 Å². The van der Waals surface area contributed by atoms with Gasteiger partial charge in [-0.3, -0.25) is 9.59 Å². The zero-order chi connectivity index (χ0) is 9.72. The average molecular weight is 175 g/mol. The number of rotatable bonds is 4. The fourth-order valence-corrected chi connectivity index (χ4v) is 0.869. The lowest BCUT2D eigenvalue weighted by Crippen LogP contribution is -2.39. The van der Waals surface area contributed by atoms with E-state index >= 15 is 0 Å². The van der Waals surface area contributed by atoms with Gasteiger partial charge in [-0.05, 0) is 20.8 Å². The average Bonchev–Trinajstić information content (AvgIpc) is 2.05. The Labute approximate surface area is 71.5 Å². The smallest absolute Gasteiger partial charge is 0.264 e. The van der Waals surface area contributed by atoms with Crippen LogP contribution in [0.2, 0.25) is 0 Å². The van der Waals surface area contributed by atoms with Gasteiger partial charge >= 0.3 is 0 Å². The summed E-state index contributed by atoms with van der Waals surface area (Å²) in [5, 5.41) is 0. The molecular weight excluding hydrogens is 161 g/mol. The first-order valence-corrected chi connectivity index (χ1v) is 3.97. The monoisotopic (exact) mass is 175 g/mol. The maximum Gasteiger partial charge on any atom is 0.264 e. The standard InChI is InChI=1S/C8H14FNO2/c1-4-10(5-2)8(12)7(9)6(3)11/h7H,4-5H2,1-3H3/t7-/m1/s1. The number of Topliss-reactive ketones (excluding diaryl/α,β-unsaturated/α-hetero) is 1. The van der Waals surface area contributed by atoms with Crippen LogP contribution >= 0.6 is 0 Å². The molecule has 1 amide bonds. The maximum atomic E-state index is 12.8. The largest absolute Gasteiger partial charge is 0.340 e. The van der Waals surface area contributed by atoms with Gasteiger partial charge in [0, 0.05) is 13.1 Å². The number of halogens is 1. The van der Waals surface area contributed by atoms with Gasteiger partial charge in [0.15, 0.2) is 5.78 Å². The van der Waals surface area contributed by atoms with Crippen LogP contribution in [0.3, 0.4) is 0 Å². The van der Waals surface area contributed by atoms with Gasteiger partial charge in [0.1, 0.15) is 0 Å². The van der Waals surface area contributed by atoms with Gasteiger partial charge in [0.05, 0.1) is 0 Å². The number of hydrogen-bond donors (Lipinski definition) is 0. The molecule has 0 bridgehead atoms. The normalized spacial score (nSPS) is 12.3. The van der Waals surface area contributed by atoms with Crippen LogP contribution in [0.5, 0.6) is 0 Å². The molecule has 0 rings (SSSR count). The van der Waals surface area contributed by atoms with Crippen LogP contribution in [0, 0.1) is 0 Å². The minimum absolute atomic E-state index is 0.434. The van der Waals surface area contributed by atoms with Crippen molar-refractivity contribution < 1.29 is 14.0 Å². The van der Waals surface area contributed by atoms with Crippen molar-refractivity contribution in [1.29, 1.82) is 0 Å². The van der Waals surface area contributed by atoms with Crippen LogP contribution in [0.15, 0.2) is 0 Å². The Kier molecular flexibility index (Phi) is 4.47. The van der Waals surface area contributed by atoms with E-state index in [1.807, 2.05) is 0 Å². The summed E-state index contributed by atoms with van der Waals surface area (Å²) in [6.45, 7) is 5.43. The molecule has 0 aliphatic rings. The van der Waals surface area contributed by atoms with Gasteiger partial charge in [-0.1, -0.05) is 0 Å². The van der Waals surface area contributed by atoms with Crippen molar-refractivity contribution in [2.24, 2.45) is 0 Å². The van der Waals surface area contributed by atoms with E-state index in [0.29, 0.717) is 13.1 Å².